The summed E-state index contributed by atoms with van der Waals surface area (Å²) < 4.78 is 5.85. The first-order valence-corrected chi connectivity index (χ1v) is 10.5. The highest BCUT2D eigenvalue weighted by molar-refractivity contribution is 7.99. The second-order valence-corrected chi connectivity index (χ2v) is 8.60. The number of hydrogen-bond acceptors (Lipinski definition) is 5. The number of ether oxygens (including phenoxy) is 1. The third-order valence-electron chi connectivity index (χ3n) is 4.73. The quantitative estimate of drug-likeness (QED) is 0.744. The van der Waals surface area contributed by atoms with Gasteiger partial charge < -0.3 is 9.64 Å². The first-order valence-electron chi connectivity index (χ1n) is 9.57. The molecule has 1 saturated heterocycles. The topological polar surface area (TPSA) is 66.2 Å². The number of piperidine rings is 1. The summed E-state index contributed by atoms with van der Waals surface area (Å²) in [4.78, 5) is 19.6. The number of rotatable bonds is 5. The first-order chi connectivity index (χ1) is 13.5. The molecule has 28 heavy (non-hydrogen) atoms. The Kier molecular flexibility index (Phi) is 6.58. The van der Waals surface area contributed by atoms with Gasteiger partial charge in [0.2, 0.25) is 0 Å². The van der Waals surface area contributed by atoms with Crippen LogP contribution < -0.4 is 4.74 Å². The van der Waals surface area contributed by atoms with Gasteiger partial charge in [-0.25, -0.2) is 4.98 Å². The average molecular weight is 396 g/mol. The van der Waals surface area contributed by atoms with Crippen molar-refractivity contribution in [2.45, 2.75) is 56.0 Å². The minimum atomic E-state index is 0.00721. The van der Waals surface area contributed by atoms with Gasteiger partial charge in [-0.3, -0.25) is 4.79 Å². The second kappa shape index (κ2) is 9.11. The molecule has 0 N–H and O–H groups in total. The van der Waals surface area contributed by atoms with Crippen LogP contribution in [0.25, 0.3) is 0 Å². The lowest BCUT2D eigenvalue weighted by atomic mass is 10.0. The van der Waals surface area contributed by atoms with Gasteiger partial charge in [0.15, 0.2) is 0 Å². The van der Waals surface area contributed by atoms with Crippen LogP contribution in [0.3, 0.4) is 0 Å². The van der Waals surface area contributed by atoms with Crippen molar-refractivity contribution in [3.63, 3.8) is 0 Å². The Morgan fingerprint density at radius 1 is 1.32 bits per heavy atom. The van der Waals surface area contributed by atoms with Crippen LogP contribution in [-0.2, 0) is 0 Å². The Morgan fingerprint density at radius 3 is 2.86 bits per heavy atom. The number of para-hydroxylation sites is 1. The van der Waals surface area contributed by atoms with Crippen molar-refractivity contribution in [2.75, 3.05) is 6.54 Å². The summed E-state index contributed by atoms with van der Waals surface area (Å²) >= 11 is 1.64. The monoisotopic (exact) mass is 395 g/mol. The zero-order valence-corrected chi connectivity index (χ0v) is 17.3. The molecule has 1 aliphatic rings. The van der Waals surface area contributed by atoms with Crippen molar-refractivity contribution < 1.29 is 9.53 Å². The van der Waals surface area contributed by atoms with Crippen molar-refractivity contribution in [1.29, 1.82) is 5.26 Å². The fraction of sp³-hybridized carbons (Fsp3) is 0.409. The number of carbonyl (C=O) groups excluding carboxylic acids is 1. The Morgan fingerprint density at radius 2 is 2.11 bits per heavy atom. The summed E-state index contributed by atoms with van der Waals surface area (Å²) in [5, 5.41) is 10.2. The summed E-state index contributed by atoms with van der Waals surface area (Å²) in [6.45, 7) is 6.66. The number of thioether (sulfide) groups is 1. The van der Waals surface area contributed by atoms with Gasteiger partial charge in [0.1, 0.15) is 5.75 Å². The molecule has 0 aliphatic carbocycles. The SMILES string of the molecule is CC(C)Oc1ccccc1C(=O)N1C[C@H](Sc2cc(C#N)ccn2)CC[C@H]1C. The Balaban J connectivity index is 1.76. The minimum absolute atomic E-state index is 0.00721. The van der Waals surface area contributed by atoms with E-state index < -0.39 is 0 Å². The normalized spacial score (nSPS) is 19.3. The van der Waals surface area contributed by atoms with E-state index in [-0.39, 0.29) is 23.3 Å². The van der Waals surface area contributed by atoms with Crippen LogP contribution >= 0.6 is 11.8 Å². The van der Waals surface area contributed by atoms with Gasteiger partial charge in [0.25, 0.3) is 5.91 Å². The molecular weight excluding hydrogens is 370 g/mol. The predicted molar refractivity (Wildman–Crippen MR) is 111 cm³/mol. The number of pyridine rings is 1. The molecule has 1 aromatic carbocycles. The summed E-state index contributed by atoms with van der Waals surface area (Å²) in [6.07, 6.45) is 3.62. The summed E-state index contributed by atoms with van der Waals surface area (Å²) in [5.74, 6) is 0.639. The summed E-state index contributed by atoms with van der Waals surface area (Å²) in [5.41, 5.74) is 1.22. The van der Waals surface area contributed by atoms with Crippen LogP contribution in [0.15, 0.2) is 47.6 Å². The van der Waals surface area contributed by atoms with Gasteiger partial charge in [0, 0.05) is 24.0 Å². The molecule has 5 nitrogen and oxygen atoms in total. The van der Waals surface area contributed by atoms with E-state index in [2.05, 4.69) is 18.0 Å². The molecule has 1 aliphatic heterocycles. The fourth-order valence-electron chi connectivity index (χ4n) is 3.32. The number of carbonyl (C=O) groups is 1. The fourth-order valence-corrected chi connectivity index (χ4v) is 4.47. The van der Waals surface area contributed by atoms with E-state index in [0.29, 0.717) is 23.4 Å². The Hall–Kier alpha value is -2.52. The van der Waals surface area contributed by atoms with E-state index in [1.807, 2.05) is 43.0 Å². The number of likely N-dealkylation sites (tertiary alicyclic amines) is 1. The standard InChI is InChI=1S/C22H25N3O2S/c1-15(2)27-20-7-5-4-6-19(20)22(26)25-14-18(9-8-16(25)3)28-21-12-17(13-23)10-11-24-21/h4-7,10-12,15-16,18H,8-9,14H2,1-3H3/t16-,18-/m1/s1. The summed E-state index contributed by atoms with van der Waals surface area (Å²) in [7, 11) is 0. The Labute approximate surface area is 170 Å². The molecule has 1 fully saturated rings. The maximum Gasteiger partial charge on any atom is 0.257 e. The van der Waals surface area contributed by atoms with E-state index in [0.717, 1.165) is 17.9 Å². The largest absolute Gasteiger partial charge is 0.490 e. The molecule has 1 aromatic heterocycles. The Bertz CT molecular complexity index is 878. The minimum Gasteiger partial charge on any atom is -0.490 e. The first kappa shape index (κ1) is 20.2. The van der Waals surface area contributed by atoms with Gasteiger partial charge in [0.05, 0.1) is 28.3 Å². The molecule has 2 aromatic rings. The summed E-state index contributed by atoms with van der Waals surface area (Å²) in [6, 6.07) is 13.3. The molecule has 1 amide bonds. The van der Waals surface area contributed by atoms with Gasteiger partial charge in [-0.05, 0) is 57.9 Å². The molecule has 6 heteroatoms. The molecule has 0 unspecified atom stereocenters. The third kappa shape index (κ3) is 4.85. The molecule has 0 spiro atoms. The number of nitriles is 1. The van der Waals surface area contributed by atoms with Crippen molar-refractivity contribution in [3.8, 4) is 11.8 Å². The highest BCUT2D eigenvalue weighted by Gasteiger charge is 2.31. The molecule has 146 valence electrons. The number of amides is 1. The van der Waals surface area contributed by atoms with Crippen molar-refractivity contribution in [3.05, 3.63) is 53.7 Å². The smallest absolute Gasteiger partial charge is 0.257 e. The number of aromatic nitrogens is 1. The van der Waals surface area contributed by atoms with Gasteiger partial charge in [-0.1, -0.05) is 12.1 Å². The molecule has 0 bridgehead atoms. The van der Waals surface area contributed by atoms with Crippen LogP contribution in [0, 0.1) is 11.3 Å². The van der Waals surface area contributed by atoms with Crippen molar-refractivity contribution in [1.82, 2.24) is 9.88 Å². The van der Waals surface area contributed by atoms with E-state index >= 15 is 0 Å². The average Bonchev–Trinajstić information content (AvgIpc) is 2.69. The van der Waals surface area contributed by atoms with E-state index in [1.165, 1.54) is 0 Å². The van der Waals surface area contributed by atoms with E-state index in [9.17, 15) is 4.79 Å². The number of nitrogens with zero attached hydrogens (tertiary/aromatic N) is 3. The van der Waals surface area contributed by atoms with Crippen LogP contribution in [0.2, 0.25) is 0 Å². The van der Waals surface area contributed by atoms with Crippen LogP contribution in [0.4, 0.5) is 0 Å². The third-order valence-corrected chi connectivity index (χ3v) is 5.91. The predicted octanol–water partition coefficient (Wildman–Crippen LogP) is 4.53. The van der Waals surface area contributed by atoms with Crippen molar-refractivity contribution in [2.24, 2.45) is 0 Å². The van der Waals surface area contributed by atoms with Crippen LogP contribution in [-0.4, -0.2) is 39.7 Å². The maximum atomic E-state index is 13.3. The highest BCUT2D eigenvalue weighted by Crippen LogP contribution is 2.32. The van der Waals surface area contributed by atoms with Gasteiger partial charge in [-0.2, -0.15) is 5.26 Å². The lowest BCUT2D eigenvalue weighted by Crippen LogP contribution is -2.46. The van der Waals surface area contributed by atoms with E-state index in [4.69, 9.17) is 10.00 Å². The highest BCUT2D eigenvalue weighted by atomic mass is 32.2. The zero-order chi connectivity index (χ0) is 20.1. The maximum absolute atomic E-state index is 13.3. The molecule has 0 radical (unpaired) electrons. The lowest BCUT2D eigenvalue weighted by Gasteiger charge is -2.38. The van der Waals surface area contributed by atoms with Gasteiger partial charge in [-0.15, -0.1) is 11.8 Å². The molecule has 0 saturated carbocycles. The van der Waals surface area contributed by atoms with Crippen LogP contribution in [0.1, 0.15) is 49.5 Å². The zero-order valence-electron chi connectivity index (χ0n) is 16.5. The van der Waals surface area contributed by atoms with Gasteiger partial charge >= 0.3 is 0 Å². The van der Waals surface area contributed by atoms with Crippen LogP contribution in [0.5, 0.6) is 5.75 Å². The molecule has 3 rings (SSSR count). The second-order valence-electron chi connectivity index (χ2n) is 7.28. The molecule has 2 heterocycles. The van der Waals surface area contributed by atoms with Crippen molar-refractivity contribution >= 4 is 17.7 Å². The molecule has 2 atom stereocenters. The lowest BCUT2D eigenvalue weighted by molar-refractivity contribution is 0.0636. The number of hydrogen-bond donors (Lipinski definition) is 0. The van der Waals surface area contributed by atoms with E-state index in [1.54, 1.807) is 30.1 Å². The molecular formula is C22H25N3O2S. The number of benzene rings is 1.